The first kappa shape index (κ1) is 20.6. The molecule has 0 spiro atoms. The molecule has 0 radical (unpaired) electrons. The van der Waals surface area contributed by atoms with Crippen molar-refractivity contribution in [2.45, 2.75) is 64.5 Å². The SMILES string of the molecule is Cc1cccc([C@H]2CN(C(=O)C3CCCC3)[C@@H]3CCN(Cc4ccnc(C)n4)C[C@H]23)c1. The lowest BCUT2D eigenvalue weighted by Crippen LogP contribution is -2.48. The highest BCUT2D eigenvalue weighted by Gasteiger charge is 2.48. The zero-order valence-corrected chi connectivity index (χ0v) is 18.8. The van der Waals surface area contributed by atoms with Gasteiger partial charge in [-0.25, -0.2) is 9.97 Å². The van der Waals surface area contributed by atoms with E-state index in [2.05, 4.69) is 51.0 Å². The molecule has 1 aliphatic carbocycles. The smallest absolute Gasteiger partial charge is 0.225 e. The molecular formula is C26H34N4O. The van der Waals surface area contributed by atoms with Crippen molar-refractivity contribution < 1.29 is 4.79 Å². The Morgan fingerprint density at radius 3 is 2.71 bits per heavy atom. The fourth-order valence-corrected chi connectivity index (χ4v) is 6.19. The summed E-state index contributed by atoms with van der Waals surface area (Å²) in [5.41, 5.74) is 3.80. The molecule has 0 bridgehead atoms. The van der Waals surface area contributed by atoms with Gasteiger partial charge in [0.15, 0.2) is 0 Å². The van der Waals surface area contributed by atoms with Crippen molar-refractivity contribution >= 4 is 5.91 Å². The standard InChI is InChI=1S/C26H34N4O/c1-18-6-5-9-21(14-18)23-17-30(26(31)20-7-3-4-8-20)25-11-13-29(16-24(23)25)15-22-10-12-27-19(2)28-22/h5-6,9-10,12,14,20,23-25H,3-4,7-8,11,13,15-17H2,1-2H3/t23-,24-,25-/m1/s1. The summed E-state index contributed by atoms with van der Waals surface area (Å²) in [7, 11) is 0. The molecule has 1 aromatic heterocycles. The molecular weight excluding hydrogens is 384 g/mol. The summed E-state index contributed by atoms with van der Waals surface area (Å²) >= 11 is 0. The monoisotopic (exact) mass is 418 g/mol. The summed E-state index contributed by atoms with van der Waals surface area (Å²) in [5, 5.41) is 0. The van der Waals surface area contributed by atoms with Crippen molar-refractivity contribution in [1.29, 1.82) is 0 Å². The largest absolute Gasteiger partial charge is 0.338 e. The van der Waals surface area contributed by atoms with E-state index < -0.39 is 0 Å². The van der Waals surface area contributed by atoms with Gasteiger partial charge in [0.1, 0.15) is 5.82 Å². The number of amides is 1. The number of nitrogens with zero attached hydrogens (tertiary/aromatic N) is 4. The van der Waals surface area contributed by atoms with E-state index in [0.717, 1.165) is 57.0 Å². The van der Waals surface area contributed by atoms with E-state index in [9.17, 15) is 4.79 Å². The Morgan fingerprint density at radius 1 is 1.10 bits per heavy atom. The second kappa shape index (κ2) is 8.70. The van der Waals surface area contributed by atoms with Crippen molar-refractivity contribution in [3.05, 3.63) is 59.2 Å². The first-order chi connectivity index (χ1) is 15.1. The van der Waals surface area contributed by atoms with Crippen molar-refractivity contribution in [3.8, 4) is 0 Å². The number of piperidine rings is 1. The third-order valence-corrected chi connectivity index (χ3v) is 7.69. The number of carbonyl (C=O) groups excluding carboxylic acids is 1. The zero-order valence-electron chi connectivity index (χ0n) is 18.8. The highest BCUT2D eigenvalue weighted by atomic mass is 16.2. The molecule has 5 heteroatoms. The second-order valence-corrected chi connectivity index (χ2v) is 9.84. The van der Waals surface area contributed by atoms with E-state index in [1.165, 1.54) is 24.0 Å². The van der Waals surface area contributed by atoms with Crippen molar-refractivity contribution in [2.75, 3.05) is 19.6 Å². The maximum absolute atomic E-state index is 13.5. The Bertz CT molecular complexity index is 939. The topological polar surface area (TPSA) is 49.3 Å². The summed E-state index contributed by atoms with van der Waals surface area (Å²) in [6, 6.07) is 11.3. The molecule has 5 rings (SSSR count). The van der Waals surface area contributed by atoms with Crippen LogP contribution < -0.4 is 0 Å². The Kier molecular flexibility index (Phi) is 5.79. The molecule has 2 aromatic rings. The van der Waals surface area contributed by atoms with E-state index >= 15 is 0 Å². The predicted molar refractivity (Wildman–Crippen MR) is 122 cm³/mol. The van der Waals surface area contributed by atoms with Crippen molar-refractivity contribution in [3.63, 3.8) is 0 Å². The third kappa shape index (κ3) is 4.25. The van der Waals surface area contributed by atoms with Gasteiger partial charge in [-0.1, -0.05) is 42.7 Å². The summed E-state index contributed by atoms with van der Waals surface area (Å²) in [4.78, 5) is 27.1. The van der Waals surface area contributed by atoms with Gasteiger partial charge in [-0.05, 0) is 44.7 Å². The van der Waals surface area contributed by atoms with Crippen LogP contribution in [0, 0.1) is 25.7 Å². The molecule has 3 atom stereocenters. The fourth-order valence-electron chi connectivity index (χ4n) is 6.19. The highest BCUT2D eigenvalue weighted by Crippen LogP contribution is 2.43. The molecule has 2 saturated heterocycles. The minimum absolute atomic E-state index is 0.263. The van der Waals surface area contributed by atoms with Crippen LogP contribution in [0.15, 0.2) is 36.5 Å². The number of hydrogen-bond acceptors (Lipinski definition) is 4. The van der Waals surface area contributed by atoms with E-state index in [0.29, 0.717) is 23.8 Å². The Balaban J connectivity index is 1.38. The molecule has 5 nitrogen and oxygen atoms in total. The van der Waals surface area contributed by atoms with Crippen LogP contribution in [0.3, 0.4) is 0 Å². The fraction of sp³-hybridized carbons (Fsp3) is 0.577. The summed E-state index contributed by atoms with van der Waals surface area (Å²) < 4.78 is 0. The van der Waals surface area contributed by atoms with Crippen LogP contribution in [0.5, 0.6) is 0 Å². The molecule has 0 N–H and O–H groups in total. The Morgan fingerprint density at radius 2 is 1.94 bits per heavy atom. The van der Waals surface area contributed by atoms with Crippen LogP contribution in [0.4, 0.5) is 0 Å². The van der Waals surface area contributed by atoms with Gasteiger partial charge in [-0.15, -0.1) is 0 Å². The number of likely N-dealkylation sites (tertiary alicyclic amines) is 2. The van der Waals surface area contributed by atoms with Gasteiger partial charge in [0, 0.05) is 56.2 Å². The van der Waals surface area contributed by atoms with Gasteiger partial charge < -0.3 is 4.90 Å². The molecule has 1 amide bonds. The van der Waals surface area contributed by atoms with E-state index in [1.54, 1.807) is 0 Å². The lowest BCUT2D eigenvalue weighted by Gasteiger charge is -2.39. The number of aryl methyl sites for hydroxylation is 2. The lowest BCUT2D eigenvalue weighted by atomic mass is 9.81. The van der Waals surface area contributed by atoms with E-state index in [-0.39, 0.29) is 5.92 Å². The van der Waals surface area contributed by atoms with Gasteiger partial charge >= 0.3 is 0 Å². The number of carbonyl (C=O) groups is 1. The van der Waals surface area contributed by atoms with Crippen LogP contribution in [-0.4, -0.2) is 51.4 Å². The Labute approximate surface area is 185 Å². The van der Waals surface area contributed by atoms with Crippen LogP contribution >= 0.6 is 0 Å². The predicted octanol–water partition coefficient (Wildman–Crippen LogP) is 4.10. The average Bonchev–Trinajstić information content (AvgIpc) is 3.42. The molecule has 3 heterocycles. The lowest BCUT2D eigenvalue weighted by molar-refractivity contribution is -0.137. The molecule has 3 aliphatic rings. The van der Waals surface area contributed by atoms with Gasteiger partial charge in [0.05, 0.1) is 5.69 Å². The number of hydrogen-bond donors (Lipinski definition) is 0. The molecule has 2 aliphatic heterocycles. The second-order valence-electron chi connectivity index (χ2n) is 9.84. The molecule has 0 unspecified atom stereocenters. The number of benzene rings is 1. The van der Waals surface area contributed by atoms with E-state index in [4.69, 9.17) is 0 Å². The first-order valence-corrected chi connectivity index (χ1v) is 12.0. The highest BCUT2D eigenvalue weighted by molar-refractivity contribution is 5.80. The van der Waals surface area contributed by atoms with Crippen molar-refractivity contribution in [1.82, 2.24) is 19.8 Å². The molecule has 1 aromatic carbocycles. The van der Waals surface area contributed by atoms with Crippen molar-refractivity contribution in [2.24, 2.45) is 11.8 Å². The maximum Gasteiger partial charge on any atom is 0.225 e. The molecule has 1 saturated carbocycles. The number of aromatic nitrogens is 2. The van der Waals surface area contributed by atoms with Crippen LogP contribution in [0.1, 0.15) is 60.7 Å². The van der Waals surface area contributed by atoms with Gasteiger partial charge in [-0.2, -0.15) is 0 Å². The number of rotatable bonds is 4. The Hall–Kier alpha value is -2.27. The minimum Gasteiger partial charge on any atom is -0.338 e. The van der Waals surface area contributed by atoms with Crippen LogP contribution in [0.25, 0.3) is 0 Å². The van der Waals surface area contributed by atoms with Crippen LogP contribution in [-0.2, 0) is 11.3 Å². The summed E-state index contributed by atoms with van der Waals surface area (Å²) in [6.45, 7) is 7.92. The van der Waals surface area contributed by atoms with Gasteiger partial charge in [0.2, 0.25) is 5.91 Å². The summed E-state index contributed by atoms with van der Waals surface area (Å²) in [5.74, 6) is 2.44. The van der Waals surface area contributed by atoms with Crippen LogP contribution in [0.2, 0.25) is 0 Å². The molecule has 31 heavy (non-hydrogen) atoms. The minimum atomic E-state index is 0.263. The third-order valence-electron chi connectivity index (χ3n) is 7.69. The maximum atomic E-state index is 13.5. The quantitative estimate of drug-likeness (QED) is 0.750. The normalized spacial score (nSPS) is 26.9. The average molecular weight is 419 g/mol. The first-order valence-electron chi connectivity index (χ1n) is 12.0. The molecule has 164 valence electrons. The molecule has 3 fully saturated rings. The van der Waals surface area contributed by atoms with Gasteiger partial charge in [-0.3, -0.25) is 9.69 Å². The summed E-state index contributed by atoms with van der Waals surface area (Å²) in [6.07, 6.45) is 7.52. The zero-order chi connectivity index (χ0) is 21.4. The van der Waals surface area contributed by atoms with Gasteiger partial charge in [0.25, 0.3) is 0 Å². The van der Waals surface area contributed by atoms with E-state index in [1.807, 2.05) is 19.2 Å². The number of fused-ring (bicyclic) bond motifs is 1.